The molecular weight excluding hydrogens is 130 g/mol. The van der Waals surface area contributed by atoms with Crippen LogP contribution in [0.5, 0.6) is 0 Å². The predicted molar refractivity (Wildman–Crippen MR) is 35.8 cm³/mol. The van der Waals surface area contributed by atoms with Crippen LogP contribution in [0.25, 0.3) is 11.4 Å². The van der Waals surface area contributed by atoms with Crippen molar-refractivity contribution < 1.29 is 0 Å². The number of hydrogen-bond donors (Lipinski definition) is 2. The highest BCUT2D eigenvalue weighted by Gasteiger charge is 2.03. The second kappa shape index (κ2) is 1.70. The van der Waals surface area contributed by atoms with Crippen molar-refractivity contribution in [1.82, 2.24) is 15.2 Å². The van der Waals surface area contributed by atoms with E-state index in [1.54, 1.807) is 0 Å². The largest absolute Gasteiger partial charge is 0.298 e. The van der Waals surface area contributed by atoms with E-state index in [0.717, 1.165) is 5.69 Å². The van der Waals surface area contributed by atoms with Crippen LogP contribution in [0.15, 0.2) is 23.3 Å². The SMILES string of the molecule is O=c1cc2nc[nH][nH]c-2c1. The van der Waals surface area contributed by atoms with Crippen LogP contribution < -0.4 is 5.43 Å². The Hall–Kier alpha value is -1.58. The lowest BCUT2D eigenvalue weighted by Gasteiger charge is -1.93. The van der Waals surface area contributed by atoms with Crippen LogP contribution in [0.1, 0.15) is 0 Å². The summed E-state index contributed by atoms with van der Waals surface area (Å²) >= 11 is 0. The zero-order valence-corrected chi connectivity index (χ0v) is 5.09. The van der Waals surface area contributed by atoms with Crippen LogP contribution in [0.2, 0.25) is 0 Å². The van der Waals surface area contributed by atoms with E-state index in [1.807, 2.05) is 0 Å². The van der Waals surface area contributed by atoms with E-state index in [1.165, 1.54) is 18.5 Å². The topological polar surface area (TPSA) is 61.5 Å². The minimum atomic E-state index is -0.0154. The Kier molecular flexibility index (Phi) is 0.887. The second-order valence-electron chi connectivity index (χ2n) is 2.02. The van der Waals surface area contributed by atoms with Gasteiger partial charge in [0.15, 0.2) is 5.43 Å². The van der Waals surface area contributed by atoms with Crippen LogP contribution >= 0.6 is 0 Å². The zero-order valence-electron chi connectivity index (χ0n) is 5.09. The molecule has 1 aliphatic heterocycles. The predicted octanol–water partition coefficient (Wildman–Crippen LogP) is 0.203. The molecule has 0 saturated carbocycles. The molecule has 0 aromatic heterocycles. The Labute approximate surface area is 56.2 Å². The molecule has 0 atom stereocenters. The van der Waals surface area contributed by atoms with Gasteiger partial charge in [-0.1, -0.05) is 0 Å². The maximum atomic E-state index is 10.7. The van der Waals surface area contributed by atoms with Crippen molar-refractivity contribution in [2.24, 2.45) is 0 Å². The standard InChI is InChI=1S/C6H5N3O/c10-4-1-5-6(2-4)9-8-3-7-5/h1-3,9H,(H,7,8). The lowest BCUT2D eigenvalue weighted by molar-refractivity contribution is 0.979. The molecule has 0 fully saturated rings. The molecule has 10 heavy (non-hydrogen) atoms. The van der Waals surface area contributed by atoms with Crippen molar-refractivity contribution in [3.8, 4) is 11.4 Å². The molecule has 0 aromatic carbocycles. The minimum Gasteiger partial charge on any atom is -0.298 e. The Morgan fingerprint density at radius 1 is 1.40 bits per heavy atom. The van der Waals surface area contributed by atoms with Crippen LogP contribution in [0.4, 0.5) is 0 Å². The van der Waals surface area contributed by atoms with Gasteiger partial charge in [0.05, 0.1) is 11.4 Å². The van der Waals surface area contributed by atoms with Crippen molar-refractivity contribution in [1.29, 1.82) is 0 Å². The molecule has 2 aliphatic rings. The van der Waals surface area contributed by atoms with E-state index < -0.39 is 0 Å². The normalized spacial score (nSPS) is 10.4. The quantitative estimate of drug-likeness (QED) is 0.542. The van der Waals surface area contributed by atoms with Crippen molar-refractivity contribution in [3.63, 3.8) is 0 Å². The molecule has 1 aliphatic carbocycles. The van der Waals surface area contributed by atoms with Gasteiger partial charge in [0.1, 0.15) is 6.33 Å². The molecule has 2 rings (SSSR count). The Morgan fingerprint density at radius 2 is 2.30 bits per heavy atom. The van der Waals surface area contributed by atoms with Crippen LogP contribution in [0, 0.1) is 0 Å². The number of fused-ring (bicyclic) bond motifs is 1. The van der Waals surface area contributed by atoms with E-state index in [0.29, 0.717) is 5.69 Å². The van der Waals surface area contributed by atoms with E-state index in [2.05, 4.69) is 15.2 Å². The first-order chi connectivity index (χ1) is 4.86. The van der Waals surface area contributed by atoms with Gasteiger partial charge in [0.2, 0.25) is 0 Å². The van der Waals surface area contributed by atoms with Crippen molar-refractivity contribution in [2.75, 3.05) is 0 Å². The average Bonchev–Trinajstić information content (AvgIpc) is 2.27. The molecule has 0 aromatic rings. The van der Waals surface area contributed by atoms with Crippen molar-refractivity contribution >= 4 is 0 Å². The van der Waals surface area contributed by atoms with Crippen molar-refractivity contribution in [2.45, 2.75) is 0 Å². The number of rotatable bonds is 0. The van der Waals surface area contributed by atoms with E-state index >= 15 is 0 Å². The third-order valence-electron chi connectivity index (χ3n) is 1.32. The van der Waals surface area contributed by atoms with Gasteiger partial charge in [-0.25, -0.2) is 4.98 Å². The first-order valence-electron chi connectivity index (χ1n) is 2.88. The number of H-pyrrole nitrogens is 2. The number of hydrogen-bond acceptors (Lipinski definition) is 2. The fourth-order valence-corrected chi connectivity index (χ4v) is 0.889. The highest BCUT2D eigenvalue weighted by Crippen LogP contribution is 2.09. The maximum absolute atomic E-state index is 10.7. The first-order valence-corrected chi connectivity index (χ1v) is 2.88. The number of aromatic amines is 2. The van der Waals surface area contributed by atoms with Crippen LogP contribution in [0.3, 0.4) is 0 Å². The number of nitrogens with one attached hydrogen (secondary N) is 2. The number of nitrogens with zero attached hydrogens (tertiary/aromatic N) is 1. The highest BCUT2D eigenvalue weighted by molar-refractivity contribution is 5.55. The van der Waals surface area contributed by atoms with E-state index in [4.69, 9.17) is 0 Å². The van der Waals surface area contributed by atoms with E-state index in [9.17, 15) is 4.79 Å². The Morgan fingerprint density at radius 3 is 3.10 bits per heavy atom. The lowest BCUT2D eigenvalue weighted by atomic mass is 10.4. The Balaban J connectivity index is 2.88. The third-order valence-corrected chi connectivity index (χ3v) is 1.32. The zero-order chi connectivity index (χ0) is 6.97. The molecule has 0 spiro atoms. The van der Waals surface area contributed by atoms with Gasteiger partial charge >= 0.3 is 0 Å². The highest BCUT2D eigenvalue weighted by atomic mass is 16.1. The maximum Gasteiger partial charge on any atom is 0.183 e. The molecule has 0 saturated heterocycles. The molecule has 4 nitrogen and oxygen atoms in total. The van der Waals surface area contributed by atoms with Gasteiger partial charge in [0, 0.05) is 12.1 Å². The molecule has 0 unspecified atom stereocenters. The fraction of sp³-hybridized carbons (Fsp3) is 0. The summed E-state index contributed by atoms with van der Waals surface area (Å²) in [6, 6.07) is 2.98. The van der Waals surface area contributed by atoms with Gasteiger partial charge in [0.25, 0.3) is 0 Å². The molecule has 50 valence electrons. The van der Waals surface area contributed by atoms with Gasteiger partial charge < -0.3 is 0 Å². The van der Waals surface area contributed by atoms with Crippen LogP contribution in [-0.2, 0) is 0 Å². The summed E-state index contributed by atoms with van der Waals surface area (Å²) in [5.41, 5.74) is 1.43. The summed E-state index contributed by atoms with van der Waals surface area (Å²) in [4.78, 5) is 14.6. The minimum absolute atomic E-state index is 0.0154. The summed E-state index contributed by atoms with van der Waals surface area (Å²) in [5.74, 6) is 0. The third kappa shape index (κ3) is 0.621. The average molecular weight is 135 g/mol. The number of aromatic nitrogens is 3. The molecule has 0 radical (unpaired) electrons. The van der Waals surface area contributed by atoms with Crippen molar-refractivity contribution in [3.05, 3.63) is 28.7 Å². The lowest BCUT2D eigenvalue weighted by Crippen LogP contribution is -1.86. The fourth-order valence-electron chi connectivity index (χ4n) is 0.889. The molecular formula is C6H5N3O. The van der Waals surface area contributed by atoms with Gasteiger partial charge in [-0.15, -0.1) is 0 Å². The molecule has 1 heterocycles. The first kappa shape index (κ1) is 5.22. The summed E-state index contributed by atoms with van der Waals surface area (Å²) < 4.78 is 0. The smallest absolute Gasteiger partial charge is 0.183 e. The molecule has 2 N–H and O–H groups in total. The molecule has 4 heteroatoms. The summed E-state index contributed by atoms with van der Waals surface area (Å²) in [7, 11) is 0. The summed E-state index contributed by atoms with van der Waals surface area (Å²) in [6.45, 7) is 0. The summed E-state index contributed by atoms with van der Waals surface area (Å²) in [6.07, 6.45) is 1.50. The van der Waals surface area contributed by atoms with E-state index in [-0.39, 0.29) is 5.43 Å². The Bertz CT molecular complexity index is 329. The van der Waals surface area contributed by atoms with Gasteiger partial charge in [-0.3, -0.25) is 15.0 Å². The molecule has 0 bridgehead atoms. The second-order valence-corrected chi connectivity index (χ2v) is 2.02. The van der Waals surface area contributed by atoms with Gasteiger partial charge in [-0.2, -0.15) is 0 Å². The molecule has 0 amide bonds. The monoisotopic (exact) mass is 135 g/mol. The van der Waals surface area contributed by atoms with Crippen LogP contribution in [-0.4, -0.2) is 15.2 Å². The van der Waals surface area contributed by atoms with Gasteiger partial charge in [-0.05, 0) is 0 Å². The summed E-state index contributed by atoms with van der Waals surface area (Å²) in [5, 5.41) is 5.46.